The van der Waals surface area contributed by atoms with Gasteiger partial charge in [-0.15, -0.1) is 21.5 Å². The van der Waals surface area contributed by atoms with Gasteiger partial charge in [0.15, 0.2) is 11.6 Å². The molecule has 1 fully saturated rings. The molecule has 0 aromatic carbocycles. The average Bonchev–Trinajstić information content (AvgIpc) is 3.10. The third-order valence-electron chi connectivity index (χ3n) is 3.19. The summed E-state index contributed by atoms with van der Waals surface area (Å²) in [4.78, 5) is 19.5. The Morgan fingerprint density at radius 3 is 2.91 bits per heavy atom. The van der Waals surface area contributed by atoms with Crippen molar-refractivity contribution in [2.75, 3.05) is 37.8 Å². The number of nitrogens with zero attached hydrogens (tertiary/aromatic N) is 4. The van der Waals surface area contributed by atoms with Crippen molar-refractivity contribution < 1.29 is 14.3 Å². The Morgan fingerprint density at radius 2 is 2.23 bits per heavy atom. The predicted octanol–water partition coefficient (Wildman–Crippen LogP) is 1.61. The van der Waals surface area contributed by atoms with Crippen LogP contribution >= 0.6 is 11.3 Å². The first-order valence-electron chi connectivity index (χ1n) is 7.08. The Morgan fingerprint density at radius 1 is 1.41 bits per heavy atom. The molecule has 0 atom stereocenters. The fourth-order valence-corrected chi connectivity index (χ4v) is 2.81. The van der Waals surface area contributed by atoms with Gasteiger partial charge >= 0.3 is 5.97 Å². The summed E-state index contributed by atoms with van der Waals surface area (Å²) in [6.45, 7) is 4.56. The van der Waals surface area contributed by atoms with Crippen molar-refractivity contribution in [3.8, 4) is 10.7 Å². The summed E-state index contributed by atoms with van der Waals surface area (Å²) in [5, 5.41) is 10.1. The van der Waals surface area contributed by atoms with Gasteiger partial charge in [0.25, 0.3) is 0 Å². The number of esters is 1. The van der Waals surface area contributed by atoms with E-state index in [1.807, 2.05) is 22.4 Å². The Balaban J connectivity index is 2.00. The lowest BCUT2D eigenvalue weighted by Crippen LogP contribution is -2.38. The zero-order valence-corrected chi connectivity index (χ0v) is 13.0. The van der Waals surface area contributed by atoms with E-state index in [1.165, 1.54) is 11.3 Å². The summed E-state index contributed by atoms with van der Waals surface area (Å²) in [6.07, 6.45) is 0. The molecule has 116 valence electrons. The summed E-state index contributed by atoms with van der Waals surface area (Å²) in [7, 11) is 0. The zero-order chi connectivity index (χ0) is 15.4. The lowest BCUT2D eigenvalue weighted by Gasteiger charge is -2.28. The SMILES string of the molecule is CCOC(=O)c1nnc(-c2cccs2)nc1N1CCOCC1. The van der Waals surface area contributed by atoms with E-state index in [2.05, 4.69) is 15.2 Å². The standard InChI is InChI=1S/C14H16N4O3S/c1-2-21-14(19)11-13(18-5-7-20-8-6-18)15-12(17-16-11)10-4-3-9-22-10/h3-4,9H,2,5-8H2,1H3. The summed E-state index contributed by atoms with van der Waals surface area (Å²) < 4.78 is 10.4. The molecule has 2 aromatic rings. The van der Waals surface area contributed by atoms with Crippen LogP contribution in [0, 0.1) is 0 Å². The Labute approximate surface area is 131 Å². The maximum atomic E-state index is 12.1. The number of carbonyl (C=O) groups is 1. The minimum absolute atomic E-state index is 0.157. The fourth-order valence-electron chi connectivity index (χ4n) is 2.16. The maximum Gasteiger partial charge on any atom is 0.362 e. The Bertz CT molecular complexity index is 642. The molecule has 0 N–H and O–H groups in total. The highest BCUT2D eigenvalue weighted by atomic mass is 32.1. The first-order valence-corrected chi connectivity index (χ1v) is 7.96. The van der Waals surface area contributed by atoms with Crippen LogP contribution < -0.4 is 4.90 Å². The Kier molecular flexibility index (Phi) is 4.59. The lowest BCUT2D eigenvalue weighted by atomic mass is 10.3. The van der Waals surface area contributed by atoms with Gasteiger partial charge in [-0.05, 0) is 18.4 Å². The van der Waals surface area contributed by atoms with Crippen LogP contribution in [0.3, 0.4) is 0 Å². The zero-order valence-electron chi connectivity index (χ0n) is 12.2. The second-order valence-electron chi connectivity index (χ2n) is 4.60. The van der Waals surface area contributed by atoms with E-state index >= 15 is 0 Å². The predicted molar refractivity (Wildman–Crippen MR) is 82.1 cm³/mol. The molecule has 0 spiro atoms. The van der Waals surface area contributed by atoms with Crippen molar-refractivity contribution in [3.63, 3.8) is 0 Å². The highest BCUT2D eigenvalue weighted by Gasteiger charge is 2.24. The molecular weight excluding hydrogens is 304 g/mol. The number of hydrogen-bond acceptors (Lipinski definition) is 8. The second-order valence-corrected chi connectivity index (χ2v) is 5.55. The van der Waals surface area contributed by atoms with Crippen LogP contribution in [-0.2, 0) is 9.47 Å². The second kappa shape index (κ2) is 6.80. The van der Waals surface area contributed by atoms with Gasteiger partial charge in [-0.1, -0.05) is 6.07 Å². The first kappa shape index (κ1) is 14.9. The summed E-state index contributed by atoms with van der Waals surface area (Å²) >= 11 is 1.53. The monoisotopic (exact) mass is 320 g/mol. The molecule has 0 radical (unpaired) electrons. The van der Waals surface area contributed by atoms with Gasteiger partial charge in [-0.2, -0.15) is 0 Å². The lowest BCUT2D eigenvalue weighted by molar-refractivity contribution is 0.0517. The van der Waals surface area contributed by atoms with Crippen molar-refractivity contribution in [3.05, 3.63) is 23.2 Å². The molecule has 3 heterocycles. The third kappa shape index (κ3) is 3.07. The van der Waals surface area contributed by atoms with Crippen molar-refractivity contribution in [1.82, 2.24) is 15.2 Å². The number of aromatic nitrogens is 3. The number of anilines is 1. The van der Waals surface area contributed by atoms with E-state index in [0.29, 0.717) is 37.9 Å². The summed E-state index contributed by atoms with van der Waals surface area (Å²) in [5.74, 6) is 0.534. The molecule has 0 amide bonds. The molecule has 0 unspecified atom stereocenters. The first-order chi connectivity index (χ1) is 10.8. The average molecular weight is 320 g/mol. The summed E-state index contributed by atoms with van der Waals surface area (Å²) in [5.41, 5.74) is 0.157. The van der Waals surface area contributed by atoms with Gasteiger partial charge in [0, 0.05) is 13.1 Å². The van der Waals surface area contributed by atoms with Gasteiger partial charge in [-0.3, -0.25) is 0 Å². The van der Waals surface area contributed by atoms with Gasteiger partial charge < -0.3 is 14.4 Å². The number of rotatable bonds is 4. The molecule has 22 heavy (non-hydrogen) atoms. The van der Waals surface area contributed by atoms with E-state index in [0.717, 1.165) is 4.88 Å². The number of ether oxygens (including phenoxy) is 2. The van der Waals surface area contributed by atoms with Crippen LogP contribution in [0.2, 0.25) is 0 Å². The van der Waals surface area contributed by atoms with Gasteiger partial charge in [0.2, 0.25) is 5.69 Å². The van der Waals surface area contributed by atoms with Crippen molar-refractivity contribution in [2.24, 2.45) is 0 Å². The van der Waals surface area contributed by atoms with E-state index in [1.54, 1.807) is 6.92 Å². The maximum absolute atomic E-state index is 12.1. The highest BCUT2D eigenvalue weighted by Crippen LogP contribution is 2.25. The van der Waals surface area contributed by atoms with Crippen LogP contribution in [0.15, 0.2) is 17.5 Å². The van der Waals surface area contributed by atoms with Crippen LogP contribution in [0.5, 0.6) is 0 Å². The van der Waals surface area contributed by atoms with Gasteiger partial charge in [0.05, 0.1) is 24.7 Å². The van der Waals surface area contributed by atoms with Gasteiger partial charge in [-0.25, -0.2) is 9.78 Å². The van der Waals surface area contributed by atoms with E-state index in [4.69, 9.17) is 9.47 Å². The van der Waals surface area contributed by atoms with E-state index < -0.39 is 5.97 Å². The van der Waals surface area contributed by atoms with Crippen molar-refractivity contribution >= 4 is 23.1 Å². The quantitative estimate of drug-likeness (QED) is 0.792. The van der Waals surface area contributed by atoms with Crippen LogP contribution in [-0.4, -0.2) is 54.1 Å². The largest absolute Gasteiger partial charge is 0.461 e. The molecule has 1 saturated heterocycles. The minimum Gasteiger partial charge on any atom is -0.461 e. The normalized spacial score (nSPS) is 14.9. The number of thiophene rings is 1. The molecular formula is C14H16N4O3S. The molecule has 2 aromatic heterocycles. The molecule has 1 aliphatic rings. The van der Waals surface area contributed by atoms with E-state index in [-0.39, 0.29) is 12.3 Å². The third-order valence-corrected chi connectivity index (χ3v) is 4.06. The van der Waals surface area contributed by atoms with Crippen LogP contribution in [0.1, 0.15) is 17.4 Å². The molecule has 7 nitrogen and oxygen atoms in total. The molecule has 8 heteroatoms. The van der Waals surface area contributed by atoms with Crippen molar-refractivity contribution in [1.29, 1.82) is 0 Å². The highest BCUT2D eigenvalue weighted by molar-refractivity contribution is 7.13. The molecule has 0 saturated carbocycles. The molecule has 3 rings (SSSR count). The number of carbonyl (C=O) groups excluding carboxylic acids is 1. The fraction of sp³-hybridized carbons (Fsp3) is 0.429. The Hall–Kier alpha value is -2.06. The topological polar surface area (TPSA) is 77.4 Å². The number of hydrogen-bond donors (Lipinski definition) is 0. The van der Waals surface area contributed by atoms with Crippen LogP contribution in [0.4, 0.5) is 5.82 Å². The van der Waals surface area contributed by atoms with Gasteiger partial charge in [0.1, 0.15) is 0 Å². The summed E-state index contributed by atoms with van der Waals surface area (Å²) in [6, 6.07) is 3.85. The van der Waals surface area contributed by atoms with E-state index in [9.17, 15) is 4.79 Å². The molecule has 0 aliphatic carbocycles. The smallest absolute Gasteiger partial charge is 0.362 e. The molecule has 0 bridgehead atoms. The van der Waals surface area contributed by atoms with Crippen LogP contribution in [0.25, 0.3) is 10.7 Å². The number of morpholine rings is 1. The van der Waals surface area contributed by atoms with Crippen molar-refractivity contribution in [2.45, 2.75) is 6.92 Å². The molecule has 1 aliphatic heterocycles. The minimum atomic E-state index is -0.498.